The van der Waals surface area contributed by atoms with E-state index < -0.39 is 0 Å². The van der Waals surface area contributed by atoms with Gasteiger partial charge in [-0.25, -0.2) is 4.98 Å². The van der Waals surface area contributed by atoms with Gasteiger partial charge in [-0.2, -0.15) is 0 Å². The lowest BCUT2D eigenvalue weighted by atomic mass is 10.2. The molecular weight excluding hydrogens is 294 g/mol. The summed E-state index contributed by atoms with van der Waals surface area (Å²) < 4.78 is 5.98. The van der Waals surface area contributed by atoms with Crippen LogP contribution >= 0.6 is 15.9 Å². The minimum atomic E-state index is 0.669. The van der Waals surface area contributed by atoms with Crippen LogP contribution in [0.1, 0.15) is 5.56 Å². The number of methoxy groups -OCH3 is 1. The second-order valence-corrected chi connectivity index (χ2v) is 4.65. The summed E-state index contributed by atoms with van der Waals surface area (Å²) in [4.78, 5) is 4.26. The van der Waals surface area contributed by atoms with Crippen molar-refractivity contribution in [3.63, 3.8) is 0 Å². The fourth-order valence-electron chi connectivity index (χ4n) is 1.49. The summed E-state index contributed by atoms with van der Waals surface area (Å²) in [5.41, 5.74) is 8.36. The van der Waals surface area contributed by atoms with Crippen LogP contribution in [0.4, 0.5) is 17.2 Å². The largest absolute Gasteiger partial charge is 0.497 e. The van der Waals surface area contributed by atoms with Crippen molar-refractivity contribution < 1.29 is 4.74 Å². The summed E-state index contributed by atoms with van der Waals surface area (Å²) in [6.07, 6.45) is 1.64. The SMILES string of the molecule is COc1ccc(Nc2ncc(N)c(C)c2Br)cc1. The second-order valence-electron chi connectivity index (χ2n) is 3.85. The van der Waals surface area contributed by atoms with Crippen LogP contribution in [0.3, 0.4) is 0 Å². The van der Waals surface area contributed by atoms with Gasteiger partial charge in [-0.1, -0.05) is 0 Å². The highest BCUT2D eigenvalue weighted by molar-refractivity contribution is 9.10. The van der Waals surface area contributed by atoms with Gasteiger partial charge in [0, 0.05) is 5.69 Å². The molecule has 0 atom stereocenters. The van der Waals surface area contributed by atoms with Gasteiger partial charge in [-0.05, 0) is 52.7 Å². The number of aromatic nitrogens is 1. The second kappa shape index (κ2) is 5.27. The number of hydrogen-bond acceptors (Lipinski definition) is 4. The number of ether oxygens (including phenoxy) is 1. The van der Waals surface area contributed by atoms with Crippen molar-refractivity contribution in [3.8, 4) is 5.75 Å². The maximum Gasteiger partial charge on any atom is 0.145 e. The molecule has 4 nitrogen and oxygen atoms in total. The minimum absolute atomic E-state index is 0.669. The number of anilines is 3. The van der Waals surface area contributed by atoms with Crippen LogP contribution in [0.25, 0.3) is 0 Å². The predicted molar refractivity (Wildman–Crippen MR) is 77.4 cm³/mol. The molecule has 0 unspecified atom stereocenters. The summed E-state index contributed by atoms with van der Waals surface area (Å²) in [5.74, 6) is 1.56. The van der Waals surface area contributed by atoms with Gasteiger partial charge in [0.25, 0.3) is 0 Å². The number of nitrogens with two attached hydrogens (primary N) is 1. The first-order valence-corrected chi connectivity index (χ1v) is 6.22. The summed E-state index contributed by atoms with van der Waals surface area (Å²) in [6.45, 7) is 1.94. The van der Waals surface area contributed by atoms with Crippen LogP contribution in [-0.2, 0) is 0 Å². The molecule has 2 aromatic rings. The van der Waals surface area contributed by atoms with Crippen molar-refractivity contribution in [2.75, 3.05) is 18.2 Å². The summed E-state index contributed by atoms with van der Waals surface area (Å²) in [6, 6.07) is 7.64. The van der Waals surface area contributed by atoms with E-state index in [1.165, 1.54) is 0 Å². The summed E-state index contributed by atoms with van der Waals surface area (Å²) in [5, 5.41) is 3.22. The van der Waals surface area contributed by atoms with E-state index in [-0.39, 0.29) is 0 Å². The molecule has 0 aliphatic heterocycles. The van der Waals surface area contributed by atoms with Gasteiger partial charge in [0.2, 0.25) is 0 Å². The zero-order chi connectivity index (χ0) is 13.1. The molecule has 0 amide bonds. The topological polar surface area (TPSA) is 60.2 Å². The number of hydrogen-bond donors (Lipinski definition) is 2. The van der Waals surface area contributed by atoms with E-state index in [0.29, 0.717) is 5.69 Å². The fraction of sp³-hybridized carbons (Fsp3) is 0.154. The van der Waals surface area contributed by atoms with Gasteiger partial charge >= 0.3 is 0 Å². The molecule has 0 aliphatic carbocycles. The zero-order valence-electron chi connectivity index (χ0n) is 10.2. The molecule has 18 heavy (non-hydrogen) atoms. The van der Waals surface area contributed by atoms with Gasteiger partial charge in [0.15, 0.2) is 0 Å². The van der Waals surface area contributed by atoms with Crippen LogP contribution in [-0.4, -0.2) is 12.1 Å². The highest BCUT2D eigenvalue weighted by atomic mass is 79.9. The van der Waals surface area contributed by atoms with Crippen LogP contribution in [0, 0.1) is 6.92 Å². The van der Waals surface area contributed by atoms with Crippen molar-refractivity contribution >= 4 is 33.1 Å². The Morgan fingerprint density at radius 2 is 1.94 bits per heavy atom. The molecular formula is C13H14BrN3O. The highest BCUT2D eigenvalue weighted by Gasteiger charge is 2.07. The molecule has 0 bridgehead atoms. The maximum absolute atomic E-state index is 5.78. The molecule has 1 aromatic carbocycles. The Morgan fingerprint density at radius 1 is 1.28 bits per heavy atom. The molecule has 0 aliphatic rings. The van der Waals surface area contributed by atoms with Gasteiger partial charge in [-0.3, -0.25) is 0 Å². The Labute approximate surface area is 114 Å². The monoisotopic (exact) mass is 307 g/mol. The zero-order valence-corrected chi connectivity index (χ0v) is 11.8. The Morgan fingerprint density at radius 3 is 2.56 bits per heavy atom. The van der Waals surface area contributed by atoms with Gasteiger partial charge in [-0.15, -0.1) is 0 Å². The first kappa shape index (κ1) is 12.7. The van der Waals surface area contributed by atoms with Gasteiger partial charge < -0.3 is 15.8 Å². The molecule has 94 valence electrons. The molecule has 0 saturated heterocycles. The maximum atomic E-state index is 5.78. The van der Waals surface area contributed by atoms with Crippen molar-refractivity contribution in [3.05, 3.63) is 40.5 Å². The van der Waals surface area contributed by atoms with E-state index in [2.05, 4.69) is 26.2 Å². The molecule has 1 aromatic heterocycles. The molecule has 0 fully saturated rings. The number of benzene rings is 1. The highest BCUT2D eigenvalue weighted by Crippen LogP contribution is 2.30. The lowest BCUT2D eigenvalue weighted by Crippen LogP contribution is -1.99. The third-order valence-electron chi connectivity index (χ3n) is 2.66. The molecule has 3 N–H and O–H groups in total. The Hall–Kier alpha value is -1.75. The lowest BCUT2D eigenvalue weighted by molar-refractivity contribution is 0.415. The van der Waals surface area contributed by atoms with Crippen molar-refractivity contribution in [1.29, 1.82) is 0 Å². The standard InChI is InChI=1S/C13H14BrN3O/c1-8-11(15)7-16-13(12(8)14)17-9-3-5-10(18-2)6-4-9/h3-7H,15H2,1-2H3,(H,16,17). The van der Waals surface area contributed by atoms with Crippen LogP contribution in [0.2, 0.25) is 0 Å². The quantitative estimate of drug-likeness (QED) is 0.911. The Balaban J connectivity index is 2.25. The number of pyridine rings is 1. The normalized spacial score (nSPS) is 10.2. The van der Waals surface area contributed by atoms with E-state index in [4.69, 9.17) is 10.5 Å². The minimum Gasteiger partial charge on any atom is -0.497 e. The average molecular weight is 308 g/mol. The molecule has 0 saturated carbocycles. The third-order valence-corrected chi connectivity index (χ3v) is 3.63. The van der Waals surface area contributed by atoms with E-state index in [1.807, 2.05) is 31.2 Å². The Kier molecular flexibility index (Phi) is 3.72. The fourth-order valence-corrected chi connectivity index (χ4v) is 1.92. The number of nitrogen functional groups attached to an aromatic ring is 1. The first-order valence-electron chi connectivity index (χ1n) is 5.43. The molecule has 2 rings (SSSR count). The van der Waals surface area contributed by atoms with Crippen LogP contribution in [0.15, 0.2) is 34.9 Å². The predicted octanol–water partition coefficient (Wildman–Crippen LogP) is 3.49. The average Bonchev–Trinajstić information content (AvgIpc) is 2.40. The van der Waals surface area contributed by atoms with Gasteiger partial charge in [0.05, 0.1) is 23.5 Å². The van der Waals surface area contributed by atoms with E-state index >= 15 is 0 Å². The van der Waals surface area contributed by atoms with E-state index in [0.717, 1.165) is 27.3 Å². The van der Waals surface area contributed by atoms with Crippen LogP contribution in [0.5, 0.6) is 5.75 Å². The van der Waals surface area contributed by atoms with Crippen molar-refractivity contribution in [2.45, 2.75) is 6.92 Å². The number of rotatable bonds is 3. The lowest BCUT2D eigenvalue weighted by Gasteiger charge is -2.11. The van der Waals surface area contributed by atoms with Crippen molar-refractivity contribution in [1.82, 2.24) is 4.98 Å². The first-order chi connectivity index (χ1) is 8.61. The number of nitrogens with zero attached hydrogens (tertiary/aromatic N) is 1. The summed E-state index contributed by atoms with van der Waals surface area (Å²) >= 11 is 3.49. The number of nitrogens with one attached hydrogen (secondary N) is 1. The summed E-state index contributed by atoms with van der Waals surface area (Å²) in [7, 11) is 1.64. The van der Waals surface area contributed by atoms with Gasteiger partial charge in [0.1, 0.15) is 11.6 Å². The Bertz CT molecular complexity index is 555. The van der Waals surface area contributed by atoms with Crippen LogP contribution < -0.4 is 15.8 Å². The number of halogens is 1. The van der Waals surface area contributed by atoms with E-state index in [9.17, 15) is 0 Å². The van der Waals surface area contributed by atoms with E-state index in [1.54, 1.807) is 13.3 Å². The molecule has 1 heterocycles. The molecule has 0 spiro atoms. The molecule has 0 radical (unpaired) electrons. The third kappa shape index (κ3) is 2.56. The molecule has 5 heteroatoms. The smallest absolute Gasteiger partial charge is 0.145 e. The van der Waals surface area contributed by atoms with Crippen molar-refractivity contribution in [2.24, 2.45) is 0 Å².